The highest BCUT2D eigenvalue weighted by Crippen LogP contribution is 2.15. The lowest BCUT2D eigenvalue weighted by atomic mass is 10.0. The zero-order valence-electron chi connectivity index (χ0n) is 13.2. The zero-order valence-corrected chi connectivity index (χ0v) is 13.2. The van der Waals surface area contributed by atoms with E-state index in [0.717, 1.165) is 25.9 Å². The predicted octanol–water partition coefficient (Wildman–Crippen LogP) is 0.892. The Labute approximate surface area is 125 Å². The Morgan fingerprint density at radius 2 is 1.81 bits per heavy atom. The minimum absolute atomic E-state index is 0.120. The van der Waals surface area contributed by atoms with Crippen LogP contribution in [-0.4, -0.2) is 64.0 Å². The number of aliphatic carboxylic acids is 1. The maximum atomic E-state index is 12.2. The van der Waals surface area contributed by atoms with Gasteiger partial charge < -0.3 is 20.2 Å². The fourth-order valence-corrected chi connectivity index (χ4v) is 2.44. The first-order valence-corrected chi connectivity index (χ1v) is 7.32. The number of carboxylic acid groups (broad SMARTS) is 1. The molecular weight excluding hydrogens is 274 g/mol. The Bertz CT molecular complexity index is 416. The van der Waals surface area contributed by atoms with Crippen LogP contribution in [0, 0.1) is 0 Å². The normalized spacial score (nSPS) is 16.5. The highest BCUT2D eigenvalue weighted by atomic mass is 16.4. The summed E-state index contributed by atoms with van der Waals surface area (Å²) in [7, 11) is 0. The lowest BCUT2D eigenvalue weighted by Crippen LogP contribution is -2.58. The van der Waals surface area contributed by atoms with Crippen molar-refractivity contribution in [2.75, 3.05) is 19.6 Å². The molecule has 0 aromatic rings. The summed E-state index contributed by atoms with van der Waals surface area (Å²) in [5.74, 6) is -1.21. The molecule has 7 heteroatoms. The number of nitrogens with zero attached hydrogens (tertiary/aromatic N) is 2. The minimum atomic E-state index is -1.32. The largest absolute Gasteiger partial charge is 0.480 e. The molecule has 0 aromatic carbocycles. The Morgan fingerprint density at radius 3 is 2.24 bits per heavy atom. The molecule has 1 aliphatic heterocycles. The van der Waals surface area contributed by atoms with E-state index in [0.29, 0.717) is 0 Å². The molecule has 1 aliphatic rings. The molecule has 1 saturated heterocycles. The Hall–Kier alpha value is -1.79. The average molecular weight is 299 g/mol. The summed E-state index contributed by atoms with van der Waals surface area (Å²) >= 11 is 0. The molecule has 3 amide bonds. The van der Waals surface area contributed by atoms with Crippen LogP contribution in [0.3, 0.4) is 0 Å². The second-order valence-electron chi connectivity index (χ2n) is 5.81. The fraction of sp³-hybridized carbons (Fsp3) is 0.786. The second-order valence-corrected chi connectivity index (χ2v) is 5.81. The van der Waals surface area contributed by atoms with Crippen LogP contribution in [0.4, 0.5) is 4.79 Å². The Kier molecular flexibility index (Phi) is 5.57. The maximum Gasteiger partial charge on any atom is 0.329 e. The van der Waals surface area contributed by atoms with Gasteiger partial charge in [0.05, 0.1) is 0 Å². The van der Waals surface area contributed by atoms with Gasteiger partial charge in [0, 0.05) is 19.6 Å². The molecule has 1 heterocycles. The number of carbonyl (C=O) groups is 3. The number of likely N-dealkylation sites (tertiary alicyclic amines) is 1. The summed E-state index contributed by atoms with van der Waals surface area (Å²) in [6.45, 7) is 7.94. The summed E-state index contributed by atoms with van der Waals surface area (Å²) in [4.78, 5) is 38.6. The van der Waals surface area contributed by atoms with E-state index in [-0.39, 0.29) is 12.5 Å². The molecule has 21 heavy (non-hydrogen) atoms. The summed E-state index contributed by atoms with van der Waals surface area (Å²) in [5, 5.41) is 11.8. The summed E-state index contributed by atoms with van der Waals surface area (Å²) in [6, 6.07) is -1.20. The number of amides is 3. The van der Waals surface area contributed by atoms with Gasteiger partial charge in [0.1, 0.15) is 11.6 Å². The topological polar surface area (TPSA) is 90.0 Å². The second kappa shape index (κ2) is 6.78. The molecule has 1 fully saturated rings. The van der Waals surface area contributed by atoms with E-state index >= 15 is 0 Å². The number of likely N-dealkylation sites (N-methyl/N-ethyl adjacent to an activating group) is 1. The Balaban J connectivity index is 2.69. The first kappa shape index (κ1) is 17.3. The summed E-state index contributed by atoms with van der Waals surface area (Å²) < 4.78 is 0. The van der Waals surface area contributed by atoms with E-state index in [1.54, 1.807) is 18.7 Å². The van der Waals surface area contributed by atoms with Crippen LogP contribution in [0.1, 0.15) is 40.5 Å². The third-order valence-corrected chi connectivity index (χ3v) is 3.89. The smallest absolute Gasteiger partial charge is 0.329 e. The Morgan fingerprint density at radius 1 is 1.29 bits per heavy atom. The first-order valence-electron chi connectivity index (χ1n) is 7.32. The van der Waals surface area contributed by atoms with E-state index in [9.17, 15) is 19.5 Å². The van der Waals surface area contributed by atoms with Crippen molar-refractivity contribution >= 4 is 17.9 Å². The van der Waals surface area contributed by atoms with Crippen molar-refractivity contribution in [3.63, 3.8) is 0 Å². The van der Waals surface area contributed by atoms with Crippen molar-refractivity contribution in [3.05, 3.63) is 0 Å². The van der Waals surface area contributed by atoms with Crippen LogP contribution in [0.25, 0.3) is 0 Å². The van der Waals surface area contributed by atoms with Crippen LogP contribution in [0.15, 0.2) is 0 Å². The molecule has 0 saturated carbocycles. The van der Waals surface area contributed by atoms with Gasteiger partial charge in [-0.3, -0.25) is 4.79 Å². The number of carboxylic acids is 1. The van der Waals surface area contributed by atoms with Crippen molar-refractivity contribution < 1.29 is 19.5 Å². The van der Waals surface area contributed by atoms with Gasteiger partial charge in [0.15, 0.2) is 0 Å². The molecule has 0 radical (unpaired) electrons. The molecule has 0 aliphatic carbocycles. The van der Waals surface area contributed by atoms with Crippen LogP contribution in [0.5, 0.6) is 0 Å². The van der Waals surface area contributed by atoms with Gasteiger partial charge >= 0.3 is 12.0 Å². The maximum absolute atomic E-state index is 12.2. The first-order chi connectivity index (χ1) is 9.71. The lowest BCUT2D eigenvalue weighted by molar-refractivity contribution is -0.147. The average Bonchev–Trinajstić information content (AvgIpc) is 2.91. The molecule has 2 N–H and O–H groups in total. The molecule has 120 valence electrons. The number of rotatable bonds is 5. The van der Waals surface area contributed by atoms with Crippen molar-refractivity contribution in [2.24, 2.45) is 0 Å². The minimum Gasteiger partial charge on any atom is -0.480 e. The van der Waals surface area contributed by atoms with Crippen molar-refractivity contribution in [1.82, 2.24) is 15.1 Å². The molecule has 1 unspecified atom stereocenters. The van der Waals surface area contributed by atoms with Crippen molar-refractivity contribution in [2.45, 2.75) is 52.1 Å². The number of hydrogen-bond donors (Lipinski definition) is 2. The summed E-state index contributed by atoms with van der Waals surface area (Å²) in [6.07, 6.45) is 1.97. The molecule has 0 aromatic heterocycles. The van der Waals surface area contributed by atoms with Gasteiger partial charge in [-0.1, -0.05) is 0 Å². The van der Waals surface area contributed by atoms with E-state index < -0.39 is 23.6 Å². The number of nitrogens with one attached hydrogen (secondary N) is 1. The third-order valence-electron chi connectivity index (χ3n) is 3.89. The monoisotopic (exact) mass is 299 g/mol. The molecule has 1 atom stereocenters. The molecule has 0 bridgehead atoms. The molecule has 7 nitrogen and oxygen atoms in total. The van der Waals surface area contributed by atoms with Gasteiger partial charge in [-0.25, -0.2) is 9.59 Å². The fourth-order valence-electron chi connectivity index (χ4n) is 2.44. The van der Waals surface area contributed by atoms with Gasteiger partial charge in [-0.15, -0.1) is 0 Å². The molecule has 0 spiro atoms. The summed E-state index contributed by atoms with van der Waals surface area (Å²) in [5.41, 5.74) is -1.32. The third kappa shape index (κ3) is 3.86. The van der Waals surface area contributed by atoms with Gasteiger partial charge in [0.2, 0.25) is 5.91 Å². The quantitative estimate of drug-likeness (QED) is 0.789. The zero-order chi connectivity index (χ0) is 16.2. The number of urea groups is 1. The van der Waals surface area contributed by atoms with E-state index in [4.69, 9.17) is 0 Å². The van der Waals surface area contributed by atoms with E-state index in [1.165, 1.54) is 18.7 Å². The SMILES string of the molecule is CCN(C(=O)NC(C)C(=O)N1CCCC1)C(C)(C)C(=O)O. The van der Waals surface area contributed by atoms with Crippen LogP contribution < -0.4 is 5.32 Å². The van der Waals surface area contributed by atoms with Crippen LogP contribution in [-0.2, 0) is 9.59 Å². The molecule has 1 rings (SSSR count). The van der Waals surface area contributed by atoms with E-state index in [1.807, 2.05) is 0 Å². The van der Waals surface area contributed by atoms with Crippen LogP contribution >= 0.6 is 0 Å². The highest BCUT2D eigenvalue weighted by molar-refractivity contribution is 5.89. The van der Waals surface area contributed by atoms with E-state index in [2.05, 4.69) is 5.32 Å². The standard InChI is InChI=1S/C14H25N3O4/c1-5-17(14(3,4)12(19)20)13(21)15-10(2)11(18)16-8-6-7-9-16/h10H,5-9H2,1-4H3,(H,15,21)(H,19,20). The number of carbonyl (C=O) groups excluding carboxylic acids is 2. The lowest BCUT2D eigenvalue weighted by Gasteiger charge is -2.35. The van der Waals surface area contributed by atoms with Gasteiger partial charge in [-0.05, 0) is 40.5 Å². The van der Waals surface area contributed by atoms with Crippen molar-refractivity contribution in [1.29, 1.82) is 0 Å². The predicted molar refractivity (Wildman–Crippen MR) is 77.9 cm³/mol. The van der Waals surface area contributed by atoms with Gasteiger partial charge in [-0.2, -0.15) is 0 Å². The number of hydrogen-bond acceptors (Lipinski definition) is 3. The molecular formula is C14H25N3O4. The van der Waals surface area contributed by atoms with Crippen molar-refractivity contribution in [3.8, 4) is 0 Å². The van der Waals surface area contributed by atoms with Gasteiger partial charge in [0.25, 0.3) is 0 Å². The van der Waals surface area contributed by atoms with Crippen LogP contribution in [0.2, 0.25) is 0 Å². The highest BCUT2D eigenvalue weighted by Gasteiger charge is 2.38.